The number of carbonyl (C=O) groups excluding carboxylic acids is 1. The summed E-state index contributed by atoms with van der Waals surface area (Å²) in [5, 5.41) is 20.4. The highest BCUT2D eigenvalue weighted by molar-refractivity contribution is 5.94. The van der Waals surface area contributed by atoms with E-state index < -0.39 is 5.60 Å². The van der Waals surface area contributed by atoms with Gasteiger partial charge >= 0.3 is 0 Å². The average molecular weight is 429 g/mol. The summed E-state index contributed by atoms with van der Waals surface area (Å²) in [6, 6.07) is 0. The van der Waals surface area contributed by atoms with E-state index in [0.29, 0.717) is 35.9 Å². The van der Waals surface area contributed by atoms with Gasteiger partial charge in [-0.25, -0.2) is 0 Å². The number of aliphatic hydroxyl groups is 2. The molecular weight excluding hydrogens is 384 g/mol. The SMILES string of the molecule is C=C(CC[C@@H](C)[C@H]1CCC2C3C(=O)C=C4C[C@@H](O)CC[C@]4(C)C3CC[C@@]21C)C(C)(C)O. The summed E-state index contributed by atoms with van der Waals surface area (Å²) in [6.45, 7) is 15.0. The minimum Gasteiger partial charge on any atom is -0.393 e. The molecule has 0 aromatic heterocycles. The second-order valence-corrected chi connectivity index (χ2v) is 12.5. The Morgan fingerprint density at radius 2 is 1.90 bits per heavy atom. The molecule has 8 atom stereocenters. The number of allylic oxidation sites excluding steroid dienone is 1. The second-order valence-electron chi connectivity index (χ2n) is 12.5. The molecule has 3 unspecified atom stereocenters. The fourth-order valence-corrected chi connectivity index (χ4v) is 8.27. The van der Waals surface area contributed by atoms with E-state index in [1.165, 1.54) is 24.8 Å². The third kappa shape index (κ3) is 3.78. The molecule has 0 amide bonds. The quantitative estimate of drug-likeness (QED) is 0.540. The van der Waals surface area contributed by atoms with Gasteiger partial charge in [-0.05, 0) is 118 Å². The molecule has 31 heavy (non-hydrogen) atoms. The number of ketones is 1. The topological polar surface area (TPSA) is 57.5 Å². The standard InChI is InChI=1S/C28H44O3/c1-17(7-8-18(2)26(3,4)31)21-9-10-22-25-23(12-14-28(21,22)6)27(5)13-11-20(29)15-19(27)16-24(25)30/h16-17,20-23,25,29,31H,2,7-15H2,1,3-6H3/t17-,20+,21-,22?,23?,25?,27+,28-/m1/s1. The molecule has 0 radical (unpaired) electrons. The van der Waals surface area contributed by atoms with Crippen molar-refractivity contribution in [1.29, 1.82) is 0 Å². The van der Waals surface area contributed by atoms with Crippen LogP contribution in [0, 0.1) is 40.4 Å². The molecule has 0 spiro atoms. The molecule has 0 aromatic rings. The predicted octanol–water partition coefficient (Wildman–Crippen LogP) is 5.85. The molecule has 3 fully saturated rings. The molecule has 4 aliphatic carbocycles. The van der Waals surface area contributed by atoms with Crippen molar-refractivity contribution in [3.8, 4) is 0 Å². The lowest BCUT2D eigenvalue weighted by Gasteiger charge is -2.57. The summed E-state index contributed by atoms with van der Waals surface area (Å²) < 4.78 is 0. The lowest BCUT2D eigenvalue weighted by molar-refractivity contribution is -0.135. The van der Waals surface area contributed by atoms with E-state index in [2.05, 4.69) is 27.4 Å². The van der Waals surface area contributed by atoms with Crippen molar-refractivity contribution in [3.05, 3.63) is 23.8 Å². The molecule has 0 bridgehead atoms. The number of rotatable bonds is 5. The van der Waals surface area contributed by atoms with Crippen LogP contribution in [-0.4, -0.2) is 27.7 Å². The number of fused-ring (bicyclic) bond motifs is 5. The molecule has 2 N–H and O–H groups in total. The van der Waals surface area contributed by atoms with Crippen LogP contribution in [0.4, 0.5) is 0 Å². The summed E-state index contributed by atoms with van der Waals surface area (Å²) in [5.41, 5.74) is 1.70. The highest BCUT2D eigenvalue weighted by Gasteiger charge is 2.61. The predicted molar refractivity (Wildman–Crippen MR) is 125 cm³/mol. The third-order valence-corrected chi connectivity index (χ3v) is 10.4. The first-order valence-corrected chi connectivity index (χ1v) is 12.7. The van der Waals surface area contributed by atoms with Crippen molar-refractivity contribution in [1.82, 2.24) is 0 Å². The molecule has 3 saturated carbocycles. The highest BCUT2D eigenvalue weighted by Crippen LogP contribution is 2.66. The van der Waals surface area contributed by atoms with Gasteiger partial charge in [0.05, 0.1) is 11.7 Å². The zero-order valence-electron chi connectivity index (χ0n) is 20.4. The lowest BCUT2D eigenvalue weighted by atomic mass is 9.46. The minimum atomic E-state index is -0.804. The Morgan fingerprint density at radius 1 is 1.19 bits per heavy atom. The summed E-state index contributed by atoms with van der Waals surface area (Å²) in [4.78, 5) is 13.4. The smallest absolute Gasteiger partial charge is 0.159 e. The van der Waals surface area contributed by atoms with Gasteiger partial charge in [0.15, 0.2) is 5.78 Å². The molecule has 0 heterocycles. The molecule has 4 rings (SSSR count). The van der Waals surface area contributed by atoms with Crippen molar-refractivity contribution >= 4 is 5.78 Å². The third-order valence-electron chi connectivity index (χ3n) is 10.4. The summed E-state index contributed by atoms with van der Waals surface area (Å²) in [7, 11) is 0. The Kier molecular flexibility index (Phi) is 5.87. The van der Waals surface area contributed by atoms with Crippen molar-refractivity contribution in [3.63, 3.8) is 0 Å². The van der Waals surface area contributed by atoms with Crippen LogP contribution in [0.15, 0.2) is 23.8 Å². The van der Waals surface area contributed by atoms with E-state index in [1.807, 2.05) is 19.9 Å². The zero-order chi connectivity index (χ0) is 22.8. The number of carbonyl (C=O) groups is 1. The van der Waals surface area contributed by atoms with Crippen molar-refractivity contribution in [2.45, 2.75) is 104 Å². The van der Waals surface area contributed by atoms with Crippen LogP contribution in [0.1, 0.15) is 92.4 Å². The van der Waals surface area contributed by atoms with Gasteiger partial charge in [-0.1, -0.05) is 32.9 Å². The van der Waals surface area contributed by atoms with E-state index in [-0.39, 0.29) is 22.9 Å². The normalized spacial score (nSPS) is 43.5. The number of hydrogen-bond acceptors (Lipinski definition) is 3. The Morgan fingerprint density at radius 3 is 2.58 bits per heavy atom. The van der Waals surface area contributed by atoms with Crippen LogP contribution < -0.4 is 0 Å². The summed E-state index contributed by atoms with van der Waals surface area (Å²) in [6.07, 6.45) is 11.0. The molecule has 4 aliphatic rings. The van der Waals surface area contributed by atoms with Gasteiger partial charge < -0.3 is 10.2 Å². The number of hydrogen-bond donors (Lipinski definition) is 2. The van der Waals surface area contributed by atoms with Crippen LogP contribution in [0.3, 0.4) is 0 Å². The molecule has 0 saturated heterocycles. The minimum absolute atomic E-state index is 0.104. The van der Waals surface area contributed by atoms with E-state index >= 15 is 0 Å². The first-order valence-electron chi connectivity index (χ1n) is 12.7. The molecule has 3 heteroatoms. The molecular formula is C28H44O3. The average Bonchev–Trinajstić information content (AvgIpc) is 3.03. The van der Waals surface area contributed by atoms with Crippen LogP contribution in [-0.2, 0) is 4.79 Å². The van der Waals surface area contributed by atoms with Gasteiger partial charge in [-0.3, -0.25) is 4.79 Å². The number of aliphatic hydroxyl groups excluding tert-OH is 1. The first kappa shape index (κ1) is 23.2. The van der Waals surface area contributed by atoms with Gasteiger partial charge in [0, 0.05) is 5.92 Å². The maximum Gasteiger partial charge on any atom is 0.159 e. The van der Waals surface area contributed by atoms with Crippen LogP contribution in [0.25, 0.3) is 0 Å². The summed E-state index contributed by atoms with van der Waals surface area (Å²) in [5.74, 6) is 2.69. The van der Waals surface area contributed by atoms with E-state index in [0.717, 1.165) is 37.7 Å². The van der Waals surface area contributed by atoms with Crippen molar-refractivity contribution in [2.75, 3.05) is 0 Å². The van der Waals surface area contributed by atoms with Gasteiger partial charge in [0.1, 0.15) is 0 Å². The van der Waals surface area contributed by atoms with Gasteiger partial charge in [-0.2, -0.15) is 0 Å². The molecule has 3 nitrogen and oxygen atoms in total. The molecule has 174 valence electrons. The van der Waals surface area contributed by atoms with Crippen molar-refractivity contribution < 1.29 is 15.0 Å². The zero-order valence-corrected chi connectivity index (χ0v) is 20.4. The lowest BCUT2D eigenvalue weighted by Crippen LogP contribution is -2.53. The largest absolute Gasteiger partial charge is 0.393 e. The van der Waals surface area contributed by atoms with Crippen LogP contribution in [0.5, 0.6) is 0 Å². The Bertz CT molecular complexity index is 774. The Balaban J connectivity index is 1.53. The van der Waals surface area contributed by atoms with Gasteiger partial charge in [0.2, 0.25) is 0 Å². The highest BCUT2D eigenvalue weighted by atomic mass is 16.3. The maximum atomic E-state index is 13.4. The maximum absolute atomic E-state index is 13.4. The van der Waals surface area contributed by atoms with Gasteiger partial charge in [0.25, 0.3) is 0 Å². The van der Waals surface area contributed by atoms with E-state index in [9.17, 15) is 15.0 Å². The second kappa shape index (κ2) is 7.83. The molecule has 0 aromatic carbocycles. The molecule has 0 aliphatic heterocycles. The fraction of sp³-hybridized carbons (Fsp3) is 0.821. The van der Waals surface area contributed by atoms with E-state index in [1.54, 1.807) is 0 Å². The first-order chi connectivity index (χ1) is 14.4. The van der Waals surface area contributed by atoms with Crippen molar-refractivity contribution in [2.24, 2.45) is 40.4 Å². The summed E-state index contributed by atoms with van der Waals surface area (Å²) >= 11 is 0. The van der Waals surface area contributed by atoms with Gasteiger partial charge in [-0.15, -0.1) is 0 Å². The van der Waals surface area contributed by atoms with E-state index in [4.69, 9.17) is 0 Å². The fourth-order valence-electron chi connectivity index (χ4n) is 8.27. The van der Waals surface area contributed by atoms with Crippen LogP contribution in [0.2, 0.25) is 0 Å². The van der Waals surface area contributed by atoms with Crippen LogP contribution >= 0.6 is 0 Å². The Hall–Kier alpha value is -0.930. The Labute approximate surface area is 189 Å². The monoisotopic (exact) mass is 428 g/mol.